The minimum absolute atomic E-state index is 0.115. The van der Waals surface area contributed by atoms with E-state index in [1.807, 2.05) is 37.3 Å². The van der Waals surface area contributed by atoms with Crippen LogP contribution in [-0.4, -0.2) is 16.5 Å². The maximum Gasteiger partial charge on any atom is 0.163 e. The molecule has 37 heavy (non-hydrogen) atoms. The highest BCUT2D eigenvalue weighted by atomic mass is 16.3. The fraction of sp³-hybridized carbons (Fsp3) is 0.412. The summed E-state index contributed by atoms with van der Waals surface area (Å²) in [6.07, 6.45) is 11.1. The Bertz CT molecular complexity index is 1400. The van der Waals surface area contributed by atoms with E-state index in [-0.39, 0.29) is 17.1 Å². The third-order valence-corrected chi connectivity index (χ3v) is 10.1. The highest BCUT2D eigenvalue weighted by Gasteiger charge is 2.61. The Hall–Kier alpha value is -3.40. The van der Waals surface area contributed by atoms with Crippen molar-refractivity contribution in [3.8, 4) is 29.0 Å². The van der Waals surface area contributed by atoms with E-state index in [0.29, 0.717) is 29.2 Å². The molecule has 0 saturated heterocycles. The lowest BCUT2D eigenvalue weighted by atomic mass is 9.51. The van der Waals surface area contributed by atoms with Crippen molar-refractivity contribution < 1.29 is 9.90 Å². The first-order valence-electron chi connectivity index (χ1n) is 13.6. The minimum atomic E-state index is -0.886. The van der Waals surface area contributed by atoms with Gasteiger partial charge in [-0.15, -0.1) is 5.92 Å². The topological polar surface area (TPSA) is 61.1 Å². The van der Waals surface area contributed by atoms with E-state index < -0.39 is 5.60 Å². The summed E-state index contributed by atoms with van der Waals surface area (Å²) in [4.78, 5) is 13.2. The fourth-order valence-electron chi connectivity index (χ4n) is 8.04. The van der Waals surface area contributed by atoms with Gasteiger partial charge in [0.1, 0.15) is 5.60 Å². The number of fused-ring (bicyclic) bond motifs is 5. The van der Waals surface area contributed by atoms with Gasteiger partial charge in [-0.2, -0.15) is 5.26 Å². The molecular weight excluding hydrogens is 454 g/mol. The van der Waals surface area contributed by atoms with Gasteiger partial charge in [-0.1, -0.05) is 61.4 Å². The second-order valence-electron chi connectivity index (χ2n) is 11.7. The molecule has 0 spiro atoms. The van der Waals surface area contributed by atoms with Gasteiger partial charge >= 0.3 is 0 Å². The van der Waals surface area contributed by atoms with Crippen molar-refractivity contribution in [2.75, 3.05) is 0 Å². The number of allylic oxidation sites excluding steroid dienone is 4. The van der Waals surface area contributed by atoms with Crippen LogP contribution in [0.25, 0.3) is 11.1 Å². The van der Waals surface area contributed by atoms with Crippen molar-refractivity contribution in [1.29, 1.82) is 5.26 Å². The highest BCUT2D eigenvalue weighted by Crippen LogP contribution is 2.63. The molecule has 186 valence electrons. The van der Waals surface area contributed by atoms with Crippen molar-refractivity contribution in [2.45, 2.75) is 57.5 Å². The van der Waals surface area contributed by atoms with Gasteiger partial charge in [-0.25, -0.2) is 0 Å². The summed E-state index contributed by atoms with van der Waals surface area (Å²) in [7, 11) is 0. The van der Waals surface area contributed by atoms with E-state index in [4.69, 9.17) is 5.26 Å². The zero-order valence-corrected chi connectivity index (χ0v) is 21.6. The monoisotopic (exact) mass is 487 g/mol. The second kappa shape index (κ2) is 8.86. The molecule has 4 aliphatic rings. The Morgan fingerprint density at radius 3 is 2.38 bits per heavy atom. The molecule has 0 amide bonds. The van der Waals surface area contributed by atoms with Crippen molar-refractivity contribution in [3.05, 3.63) is 83.5 Å². The highest BCUT2D eigenvalue weighted by molar-refractivity contribution is 5.97. The van der Waals surface area contributed by atoms with Gasteiger partial charge in [0.25, 0.3) is 0 Å². The van der Waals surface area contributed by atoms with Crippen LogP contribution in [0.5, 0.6) is 0 Å². The number of rotatable bonds is 2. The van der Waals surface area contributed by atoms with Crippen LogP contribution in [0.3, 0.4) is 0 Å². The molecule has 0 bridgehead atoms. The van der Waals surface area contributed by atoms with Gasteiger partial charge in [-0.3, -0.25) is 4.79 Å². The molecule has 0 heterocycles. The SMILES string of the molecule is CC#C[C@]1(O)CC[C@H]2[C@@H]3C=CC4=CC(=O)C(c5ccc(-c6ccc(C#N)cc6)cc5)C[C@@H]4[C@H]3CC[C@@]21C. The lowest BCUT2D eigenvalue weighted by Crippen LogP contribution is -2.51. The first kappa shape index (κ1) is 24.0. The van der Waals surface area contributed by atoms with Gasteiger partial charge < -0.3 is 5.11 Å². The van der Waals surface area contributed by atoms with Crippen LogP contribution in [0.15, 0.2) is 72.3 Å². The molecule has 0 aromatic heterocycles. The maximum absolute atomic E-state index is 13.2. The Morgan fingerprint density at radius 2 is 1.70 bits per heavy atom. The average molecular weight is 488 g/mol. The quantitative estimate of drug-likeness (QED) is 0.486. The number of ketones is 1. The summed E-state index contributed by atoms with van der Waals surface area (Å²) >= 11 is 0. The van der Waals surface area contributed by atoms with E-state index in [9.17, 15) is 9.90 Å². The summed E-state index contributed by atoms with van der Waals surface area (Å²) in [5.41, 5.74) is 4.03. The van der Waals surface area contributed by atoms with Crippen LogP contribution >= 0.6 is 0 Å². The van der Waals surface area contributed by atoms with Crippen LogP contribution in [0.1, 0.15) is 63.0 Å². The Kier molecular flexibility index (Phi) is 5.74. The van der Waals surface area contributed by atoms with Crippen LogP contribution < -0.4 is 0 Å². The van der Waals surface area contributed by atoms with E-state index in [0.717, 1.165) is 48.8 Å². The molecule has 2 fully saturated rings. The van der Waals surface area contributed by atoms with E-state index in [2.05, 4.69) is 61.3 Å². The Labute approximate surface area is 219 Å². The zero-order valence-electron chi connectivity index (χ0n) is 21.6. The molecule has 0 radical (unpaired) electrons. The minimum Gasteiger partial charge on any atom is -0.377 e. The molecular formula is C34H33NO2. The average Bonchev–Trinajstić information content (AvgIpc) is 3.18. The zero-order chi connectivity index (χ0) is 25.8. The number of carbonyl (C=O) groups excluding carboxylic acids is 1. The largest absolute Gasteiger partial charge is 0.377 e. The molecule has 4 aliphatic carbocycles. The molecule has 1 N–H and O–H groups in total. The summed E-state index contributed by atoms with van der Waals surface area (Å²) in [5.74, 6) is 8.02. The predicted molar refractivity (Wildman–Crippen MR) is 145 cm³/mol. The lowest BCUT2D eigenvalue weighted by molar-refractivity contribution is -0.117. The molecule has 7 atom stereocenters. The van der Waals surface area contributed by atoms with Crippen LogP contribution in [0.2, 0.25) is 0 Å². The van der Waals surface area contributed by atoms with Gasteiger partial charge in [0.2, 0.25) is 0 Å². The summed E-state index contributed by atoms with van der Waals surface area (Å²) in [6, 6.07) is 18.2. The third kappa shape index (κ3) is 3.72. The maximum atomic E-state index is 13.2. The fourth-order valence-corrected chi connectivity index (χ4v) is 8.04. The predicted octanol–water partition coefficient (Wildman–Crippen LogP) is 6.59. The second-order valence-corrected chi connectivity index (χ2v) is 11.7. The molecule has 1 unspecified atom stereocenters. The van der Waals surface area contributed by atoms with Gasteiger partial charge in [0, 0.05) is 11.3 Å². The number of aliphatic hydroxyl groups is 1. The van der Waals surface area contributed by atoms with Crippen molar-refractivity contribution in [3.63, 3.8) is 0 Å². The van der Waals surface area contributed by atoms with Crippen molar-refractivity contribution in [2.24, 2.45) is 29.1 Å². The Balaban J connectivity index is 1.25. The molecule has 3 heteroatoms. The normalized spacial score (nSPS) is 35.8. The van der Waals surface area contributed by atoms with Crippen molar-refractivity contribution in [1.82, 2.24) is 0 Å². The van der Waals surface area contributed by atoms with Crippen LogP contribution in [0.4, 0.5) is 0 Å². The van der Waals surface area contributed by atoms with E-state index >= 15 is 0 Å². The number of hydrogen-bond acceptors (Lipinski definition) is 3. The molecule has 3 nitrogen and oxygen atoms in total. The molecule has 2 saturated carbocycles. The van der Waals surface area contributed by atoms with Gasteiger partial charge in [-0.05, 0) is 103 Å². The third-order valence-electron chi connectivity index (χ3n) is 10.1. The summed E-state index contributed by atoms with van der Waals surface area (Å²) in [5, 5.41) is 20.5. The smallest absolute Gasteiger partial charge is 0.163 e. The standard InChI is InChI=1S/C34H33NO2/c1-3-16-34(37)18-15-31-28-13-12-26-19-32(36)30(20-29(26)27(28)14-17-33(31,34)2)25-10-8-24(9-11-25)23-6-4-22(21-35)5-7-23/h4-13,19,27-31,37H,14-15,17-18,20H2,1-2H3/t27-,28+,29-,30?,31-,33-,34-/m0/s1. The first-order chi connectivity index (χ1) is 17.9. The number of nitrogens with zero attached hydrogens (tertiary/aromatic N) is 1. The molecule has 2 aromatic carbocycles. The van der Waals surface area contributed by atoms with Gasteiger partial charge in [0.15, 0.2) is 5.78 Å². The first-order valence-corrected chi connectivity index (χ1v) is 13.6. The number of carbonyl (C=O) groups is 1. The van der Waals surface area contributed by atoms with Crippen LogP contribution in [-0.2, 0) is 4.79 Å². The van der Waals surface area contributed by atoms with Crippen molar-refractivity contribution >= 4 is 5.78 Å². The summed E-state index contributed by atoms with van der Waals surface area (Å²) in [6.45, 7) is 4.08. The number of nitriles is 1. The number of benzene rings is 2. The molecule has 0 aliphatic heterocycles. The van der Waals surface area contributed by atoms with E-state index in [1.54, 1.807) is 0 Å². The van der Waals surface area contributed by atoms with Gasteiger partial charge in [0.05, 0.1) is 11.6 Å². The lowest BCUT2D eigenvalue weighted by Gasteiger charge is -2.53. The molecule has 6 rings (SSSR count). The molecule has 2 aromatic rings. The number of hydrogen-bond donors (Lipinski definition) is 1. The van der Waals surface area contributed by atoms with Crippen LogP contribution in [0, 0.1) is 52.3 Å². The Morgan fingerprint density at radius 1 is 1.00 bits per heavy atom. The van der Waals surface area contributed by atoms with E-state index in [1.165, 1.54) is 5.57 Å². The summed E-state index contributed by atoms with van der Waals surface area (Å²) < 4.78 is 0.